The first-order valence-electron chi connectivity index (χ1n) is 6.36. The fraction of sp³-hybridized carbons (Fsp3) is 0.917. The van der Waals surface area contributed by atoms with E-state index in [-0.39, 0.29) is 12.0 Å². The minimum Gasteiger partial charge on any atom is -0.380 e. The molecule has 0 aliphatic carbocycles. The summed E-state index contributed by atoms with van der Waals surface area (Å²) in [7, 11) is 3.58. The Hall–Kier alpha value is -0.650. The van der Waals surface area contributed by atoms with Crippen molar-refractivity contribution in [2.24, 2.45) is 5.73 Å². The van der Waals surface area contributed by atoms with Gasteiger partial charge in [0.25, 0.3) is 0 Å². The Morgan fingerprint density at radius 3 is 3.00 bits per heavy atom. The molecule has 1 aliphatic rings. The fourth-order valence-electron chi connectivity index (χ4n) is 2.11. The lowest BCUT2D eigenvalue weighted by Crippen LogP contribution is -2.45. The van der Waals surface area contributed by atoms with E-state index in [9.17, 15) is 4.79 Å². The fourth-order valence-corrected chi connectivity index (χ4v) is 2.11. The van der Waals surface area contributed by atoms with Crippen molar-refractivity contribution in [3.63, 3.8) is 0 Å². The van der Waals surface area contributed by atoms with E-state index < -0.39 is 0 Å². The quantitative estimate of drug-likeness (QED) is 0.708. The van der Waals surface area contributed by atoms with Gasteiger partial charge < -0.3 is 15.4 Å². The lowest BCUT2D eigenvalue weighted by Gasteiger charge is -2.32. The third kappa shape index (κ3) is 5.02. The molecule has 100 valence electrons. The molecule has 2 N–H and O–H groups in total. The Morgan fingerprint density at radius 1 is 1.59 bits per heavy atom. The molecular formula is C12H25N3O2. The van der Waals surface area contributed by atoms with Crippen molar-refractivity contribution in [3.05, 3.63) is 0 Å². The monoisotopic (exact) mass is 243 g/mol. The number of hydrogen-bond donors (Lipinski definition) is 1. The van der Waals surface area contributed by atoms with Gasteiger partial charge in [-0.15, -0.1) is 0 Å². The third-order valence-electron chi connectivity index (χ3n) is 3.28. The summed E-state index contributed by atoms with van der Waals surface area (Å²) in [6.45, 7) is 3.74. The van der Waals surface area contributed by atoms with Crippen LogP contribution in [0.1, 0.15) is 19.3 Å². The maximum absolute atomic E-state index is 11.9. The smallest absolute Gasteiger partial charge is 0.236 e. The van der Waals surface area contributed by atoms with Crippen LogP contribution in [0.3, 0.4) is 0 Å². The molecular weight excluding hydrogens is 218 g/mol. The minimum absolute atomic E-state index is 0.176. The first-order valence-corrected chi connectivity index (χ1v) is 6.36. The maximum Gasteiger partial charge on any atom is 0.236 e. The number of ether oxygens (including phenoxy) is 1. The first-order chi connectivity index (χ1) is 8.17. The van der Waals surface area contributed by atoms with Gasteiger partial charge in [-0.1, -0.05) is 0 Å². The summed E-state index contributed by atoms with van der Waals surface area (Å²) in [6.07, 6.45) is 3.36. The van der Waals surface area contributed by atoms with Crippen LogP contribution >= 0.6 is 0 Å². The predicted molar refractivity (Wildman–Crippen MR) is 67.8 cm³/mol. The molecule has 1 fully saturated rings. The van der Waals surface area contributed by atoms with Gasteiger partial charge in [0.15, 0.2) is 0 Å². The van der Waals surface area contributed by atoms with Crippen LogP contribution in [0, 0.1) is 0 Å². The average molecular weight is 243 g/mol. The summed E-state index contributed by atoms with van der Waals surface area (Å²) in [4.78, 5) is 15.9. The van der Waals surface area contributed by atoms with Crippen LogP contribution in [0.15, 0.2) is 0 Å². The highest BCUT2D eigenvalue weighted by atomic mass is 16.5. The normalized spacial score (nSPS) is 21.5. The van der Waals surface area contributed by atoms with Crippen LogP contribution in [0.25, 0.3) is 0 Å². The summed E-state index contributed by atoms with van der Waals surface area (Å²) in [6, 6.07) is 0. The van der Waals surface area contributed by atoms with Crippen molar-refractivity contribution in [2.75, 3.05) is 46.9 Å². The van der Waals surface area contributed by atoms with E-state index in [1.807, 2.05) is 7.05 Å². The number of rotatable bonds is 6. The second kappa shape index (κ2) is 7.63. The number of likely N-dealkylation sites (N-methyl/N-ethyl adjacent to an activating group) is 1. The number of piperidine rings is 1. The van der Waals surface area contributed by atoms with Gasteiger partial charge >= 0.3 is 0 Å². The lowest BCUT2D eigenvalue weighted by molar-refractivity contribution is -0.132. The zero-order valence-corrected chi connectivity index (χ0v) is 11.0. The summed E-state index contributed by atoms with van der Waals surface area (Å²) >= 11 is 0. The molecule has 5 heteroatoms. The van der Waals surface area contributed by atoms with Crippen LogP contribution < -0.4 is 5.73 Å². The zero-order valence-electron chi connectivity index (χ0n) is 11.0. The van der Waals surface area contributed by atoms with Gasteiger partial charge in [-0.2, -0.15) is 0 Å². The van der Waals surface area contributed by atoms with E-state index in [1.165, 1.54) is 0 Å². The predicted octanol–water partition coefficient (Wildman–Crippen LogP) is -0.0956. The molecule has 0 aromatic rings. The minimum atomic E-state index is 0.176. The highest BCUT2D eigenvalue weighted by molar-refractivity contribution is 5.77. The van der Waals surface area contributed by atoms with Crippen molar-refractivity contribution in [2.45, 2.75) is 25.4 Å². The second-order valence-corrected chi connectivity index (χ2v) is 4.69. The molecule has 1 amide bonds. The summed E-state index contributed by atoms with van der Waals surface area (Å²) in [5.74, 6) is 0.176. The molecule has 0 bridgehead atoms. The van der Waals surface area contributed by atoms with Crippen molar-refractivity contribution < 1.29 is 9.53 Å². The SMILES string of the molecule is COC1CCCN(CC(=O)N(C)CCCN)C1. The van der Waals surface area contributed by atoms with Crippen molar-refractivity contribution >= 4 is 5.91 Å². The second-order valence-electron chi connectivity index (χ2n) is 4.69. The standard InChI is InChI=1S/C12H25N3O2/c1-14(7-4-6-13)12(16)10-15-8-3-5-11(9-15)17-2/h11H,3-10,13H2,1-2H3. The highest BCUT2D eigenvalue weighted by Crippen LogP contribution is 2.12. The van der Waals surface area contributed by atoms with Crippen molar-refractivity contribution in [3.8, 4) is 0 Å². The number of likely N-dealkylation sites (tertiary alicyclic amines) is 1. The number of carbonyl (C=O) groups excluding carboxylic acids is 1. The van der Waals surface area contributed by atoms with Crippen LogP contribution in [0.2, 0.25) is 0 Å². The Labute approximate surface area is 104 Å². The Bertz CT molecular complexity index is 236. The Kier molecular flexibility index (Phi) is 6.47. The number of hydrogen-bond acceptors (Lipinski definition) is 4. The van der Waals surface area contributed by atoms with Gasteiger partial charge in [0.05, 0.1) is 12.6 Å². The summed E-state index contributed by atoms with van der Waals surface area (Å²) in [5.41, 5.74) is 5.43. The molecule has 0 spiro atoms. The Morgan fingerprint density at radius 2 is 2.35 bits per heavy atom. The van der Waals surface area contributed by atoms with Gasteiger partial charge in [0.1, 0.15) is 0 Å². The summed E-state index contributed by atoms with van der Waals surface area (Å²) in [5, 5.41) is 0. The zero-order chi connectivity index (χ0) is 12.7. The molecule has 1 aliphatic heterocycles. The average Bonchev–Trinajstić information content (AvgIpc) is 2.36. The molecule has 5 nitrogen and oxygen atoms in total. The van der Waals surface area contributed by atoms with Gasteiger partial charge in [0.2, 0.25) is 5.91 Å². The van der Waals surface area contributed by atoms with E-state index >= 15 is 0 Å². The topological polar surface area (TPSA) is 58.8 Å². The molecule has 0 saturated carbocycles. The first kappa shape index (κ1) is 14.4. The molecule has 17 heavy (non-hydrogen) atoms. The molecule has 1 saturated heterocycles. The van der Waals surface area contributed by atoms with E-state index in [0.29, 0.717) is 13.1 Å². The number of amides is 1. The molecule has 0 aromatic carbocycles. The van der Waals surface area contributed by atoms with Crippen molar-refractivity contribution in [1.29, 1.82) is 0 Å². The van der Waals surface area contributed by atoms with E-state index in [4.69, 9.17) is 10.5 Å². The molecule has 1 unspecified atom stereocenters. The molecule has 1 atom stereocenters. The molecule has 0 radical (unpaired) electrons. The number of nitrogens with zero attached hydrogens (tertiary/aromatic N) is 2. The van der Waals surface area contributed by atoms with Crippen LogP contribution in [-0.2, 0) is 9.53 Å². The number of methoxy groups -OCH3 is 1. The van der Waals surface area contributed by atoms with Gasteiger partial charge in [0, 0.05) is 27.2 Å². The largest absolute Gasteiger partial charge is 0.380 e. The molecule has 1 heterocycles. The van der Waals surface area contributed by atoms with Gasteiger partial charge in [-0.05, 0) is 32.4 Å². The van der Waals surface area contributed by atoms with E-state index in [0.717, 1.165) is 38.9 Å². The van der Waals surface area contributed by atoms with Gasteiger partial charge in [-0.3, -0.25) is 9.69 Å². The van der Waals surface area contributed by atoms with Crippen LogP contribution in [0.5, 0.6) is 0 Å². The Balaban J connectivity index is 2.29. The lowest BCUT2D eigenvalue weighted by atomic mass is 10.1. The van der Waals surface area contributed by atoms with E-state index in [1.54, 1.807) is 12.0 Å². The molecule has 1 rings (SSSR count). The van der Waals surface area contributed by atoms with Crippen LogP contribution in [-0.4, -0.2) is 68.7 Å². The van der Waals surface area contributed by atoms with Crippen molar-refractivity contribution in [1.82, 2.24) is 9.80 Å². The summed E-state index contributed by atoms with van der Waals surface area (Å²) < 4.78 is 5.35. The number of nitrogens with two attached hydrogens (primary N) is 1. The number of carbonyl (C=O) groups is 1. The van der Waals surface area contributed by atoms with Gasteiger partial charge in [-0.25, -0.2) is 0 Å². The highest BCUT2D eigenvalue weighted by Gasteiger charge is 2.22. The van der Waals surface area contributed by atoms with E-state index in [2.05, 4.69) is 4.90 Å². The maximum atomic E-state index is 11.9. The molecule has 0 aromatic heterocycles. The van der Waals surface area contributed by atoms with Crippen LogP contribution in [0.4, 0.5) is 0 Å². The third-order valence-corrected chi connectivity index (χ3v) is 3.28.